The van der Waals surface area contributed by atoms with Crippen molar-refractivity contribution < 1.29 is 0 Å². The number of rotatable bonds is 2. The summed E-state index contributed by atoms with van der Waals surface area (Å²) in [5, 5.41) is 0. The van der Waals surface area contributed by atoms with Crippen molar-refractivity contribution in [3.05, 3.63) is 45.8 Å². The molecule has 2 heterocycles. The molecule has 0 aliphatic heterocycles. The number of pyridine rings is 1. The van der Waals surface area contributed by atoms with Crippen molar-refractivity contribution in [2.24, 2.45) is 0 Å². The van der Waals surface area contributed by atoms with Gasteiger partial charge in [0.05, 0.1) is 16.9 Å². The number of halogens is 1. The van der Waals surface area contributed by atoms with Crippen LogP contribution in [0.15, 0.2) is 41.0 Å². The fourth-order valence-corrected chi connectivity index (χ4v) is 2.85. The van der Waals surface area contributed by atoms with Gasteiger partial charge >= 0.3 is 0 Å². The summed E-state index contributed by atoms with van der Waals surface area (Å²) in [5.74, 6) is 0. The van der Waals surface area contributed by atoms with Crippen LogP contribution in [0.5, 0.6) is 0 Å². The number of benzene rings is 1. The van der Waals surface area contributed by atoms with Crippen molar-refractivity contribution in [2.75, 3.05) is 19.0 Å². The van der Waals surface area contributed by atoms with Gasteiger partial charge in [-0.2, -0.15) is 0 Å². The van der Waals surface area contributed by atoms with Crippen LogP contribution in [0.1, 0.15) is 0 Å². The van der Waals surface area contributed by atoms with E-state index >= 15 is 0 Å². The van der Waals surface area contributed by atoms with Crippen LogP contribution in [0, 0.1) is 4.77 Å². The number of aromatic amines is 1. The van der Waals surface area contributed by atoms with Crippen LogP contribution in [0.25, 0.3) is 16.9 Å². The smallest absolute Gasteiger partial charge is 0.184 e. The maximum Gasteiger partial charge on any atom is 0.184 e. The predicted molar refractivity (Wildman–Crippen MR) is 88.3 cm³/mol. The topological polar surface area (TPSA) is 36.9 Å². The number of hydrogen-bond acceptors (Lipinski definition) is 3. The minimum atomic E-state index is 0.639. The summed E-state index contributed by atoms with van der Waals surface area (Å²) < 4.78 is 3.53. The highest BCUT2D eigenvalue weighted by Crippen LogP contribution is 2.27. The van der Waals surface area contributed by atoms with Crippen molar-refractivity contribution in [1.29, 1.82) is 0 Å². The molecule has 4 nitrogen and oxygen atoms in total. The summed E-state index contributed by atoms with van der Waals surface area (Å²) in [5.41, 5.74) is 3.85. The second-order valence-corrected chi connectivity index (χ2v) is 5.98. The van der Waals surface area contributed by atoms with Gasteiger partial charge in [0.15, 0.2) is 10.4 Å². The molecule has 0 bridgehead atoms. The third kappa shape index (κ3) is 2.14. The van der Waals surface area contributed by atoms with Gasteiger partial charge in [0.1, 0.15) is 0 Å². The van der Waals surface area contributed by atoms with Crippen LogP contribution < -0.4 is 4.90 Å². The average molecular weight is 349 g/mol. The van der Waals surface area contributed by atoms with E-state index in [9.17, 15) is 0 Å². The molecule has 20 heavy (non-hydrogen) atoms. The van der Waals surface area contributed by atoms with Crippen molar-refractivity contribution in [3.63, 3.8) is 0 Å². The van der Waals surface area contributed by atoms with Crippen LogP contribution in [-0.2, 0) is 0 Å². The first kappa shape index (κ1) is 13.3. The number of H-pyrrole nitrogens is 1. The fourth-order valence-electron chi connectivity index (χ4n) is 2.22. The van der Waals surface area contributed by atoms with Crippen LogP contribution in [-0.4, -0.2) is 28.6 Å². The summed E-state index contributed by atoms with van der Waals surface area (Å²) in [4.78, 5) is 9.74. The number of hydrogen-bond donors (Lipinski definition) is 1. The van der Waals surface area contributed by atoms with E-state index in [1.54, 1.807) is 6.20 Å². The molecule has 102 valence electrons. The molecule has 3 aromatic rings. The predicted octanol–water partition coefficient (Wildman–Crippen LogP) is 3.91. The molecule has 0 atom stereocenters. The first-order valence-electron chi connectivity index (χ1n) is 6.11. The van der Waals surface area contributed by atoms with Gasteiger partial charge in [-0.3, -0.25) is 4.57 Å². The maximum absolute atomic E-state index is 5.46. The number of fused-ring (bicyclic) bond motifs is 1. The lowest BCUT2D eigenvalue weighted by Gasteiger charge is -2.17. The molecule has 0 saturated heterocycles. The van der Waals surface area contributed by atoms with E-state index in [2.05, 4.69) is 36.9 Å². The summed E-state index contributed by atoms with van der Waals surface area (Å²) in [6.07, 6.45) is 1.78. The number of anilines is 1. The Balaban J connectivity index is 2.36. The van der Waals surface area contributed by atoms with Gasteiger partial charge in [-0.05, 0) is 46.3 Å². The Hall–Kier alpha value is -1.66. The van der Waals surface area contributed by atoms with Crippen LogP contribution in [0.4, 0.5) is 5.69 Å². The van der Waals surface area contributed by atoms with Gasteiger partial charge in [0.25, 0.3) is 0 Å². The Morgan fingerprint density at radius 1 is 1.30 bits per heavy atom. The molecule has 1 N–H and O–H groups in total. The lowest BCUT2D eigenvalue weighted by Crippen LogP contribution is -2.12. The number of aromatic nitrogens is 3. The fraction of sp³-hybridized carbons (Fsp3) is 0.143. The van der Waals surface area contributed by atoms with E-state index in [1.807, 2.05) is 42.9 Å². The molecule has 3 rings (SSSR count). The van der Waals surface area contributed by atoms with Gasteiger partial charge in [0.2, 0.25) is 0 Å². The van der Waals surface area contributed by atoms with Gasteiger partial charge in [-0.15, -0.1) is 0 Å². The molecular formula is C14H13BrN4S. The zero-order valence-electron chi connectivity index (χ0n) is 11.1. The molecule has 6 heteroatoms. The molecule has 0 saturated carbocycles. The summed E-state index contributed by atoms with van der Waals surface area (Å²) in [6, 6.07) is 10.1. The molecule has 2 aromatic heterocycles. The first-order valence-corrected chi connectivity index (χ1v) is 7.31. The molecule has 1 aromatic carbocycles. The van der Waals surface area contributed by atoms with E-state index in [1.165, 1.54) is 0 Å². The van der Waals surface area contributed by atoms with Gasteiger partial charge in [0, 0.05) is 24.8 Å². The number of para-hydroxylation sites is 2. The first-order chi connectivity index (χ1) is 9.58. The standard InChI is InChI=1S/C14H13BrN4S/c1-18(2)11-5-3-4-6-12(11)19-13-10(17-14(19)20)7-9(15)8-16-13/h3-8H,1-2H3,(H,17,20). The van der Waals surface area contributed by atoms with Crippen molar-refractivity contribution in [3.8, 4) is 5.69 Å². The number of nitrogens with zero attached hydrogens (tertiary/aromatic N) is 3. The molecule has 0 fully saturated rings. The molecule has 0 unspecified atom stereocenters. The average Bonchev–Trinajstić information content (AvgIpc) is 2.73. The maximum atomic E-state index is 5.46. The van der Waals surface area contributed by atoms with Crippen molar-refractivity contribution in [2.45, 2.75) is 0 Å². The Bertz CT molecular complexity index is 835. The summed E-state index contributed by atoms with van der Waals surface area (Å²) >= 11 is 8.88. The second kappa shape index (κ2) is 5.03. The Labute approximate surface area is 130 Å². The lowest BCUT2D eigenvalue weighted by molar-refractivity contribution is 1.02. The lowest BCUT2D eigenvalue weighted by atomic mass is 10.2. The van der Waals surface area contributed by atoms with E-state index in [-0.39, 0.29) is 0 Å². The Morgan fingerprint density at radius 3 is 2.80 bits per heavy atom. The van der Waals surface area contributed by atoms with Crippen LogP contribution >= 0.6 is 28.1 Å². The van der Waals surface area contributed by atoms with Gasteiger partial charge < -0.3 is 9.88 Å². The molecule has 0 amide bonds. The number of imidazole rings is 1. The highest BCUT2D eigenvalue weighted by Gasteiger charge is 2.12. The van der Waals surface area contributed by atoms with Crippen molar-refractivity contribution >= 4 is 45.0 Å². The van der Waals surface area contributed by atoms with Crippen molar-refractivity contribution in [1.82, 2.24) is 14.5 Å². The Kier molecular flexibility index (Phi) is 3.35. The normalized spacial score (nSPS) is 10.9. The summed E-state index contributed by atoms with van der Waals surface area (Å²) in [7, 11) is 4.03. The molecule has 0 radical (unpaired) electrons. The Morgan fingerprint density at radius 2 is 2.05 bits per heavy atom. The quantitative estimate of drug-likeness (QED) is 0.713. The summed E-state index contributed by atoms with van der Waals surface area (Å²) in [6.45, 7) is 0. The minimum absolute atomic E-state index is 0.639. The molecule has 0 spiro atoms. The zero-order chi connectivity index (χ0) is 14.3. The highest BCUT2D eigenvalue weighted by molar-refractivity contribution is 9.10. The monoisotopic (exact) mass is 348 g/mol. The SMILES string of the molecule is CN(C)c1ccccc1-n1c(=S)[nH]c2cc(Br)cnc21. The van der Waals surface area contributed by atoms with E-state index in [4.69, 9.17) is 12.2 Å². The van der Waals surface area contributed by atoms with Crippen LogP contribution in [0.2, 0.25) is 0 Å². The van der Waals surface area contributed by atoms with Crippen LogP contribution in [0.3, 0.4) is 0 Å². The van der Waals surface area contributed by atoms with E-state index < -0.39 is 0 Å². The third-order valence-corrected chi connectivity index (χ3v) is 3.81. The third-order valence-electron chi connectivity index (χ3n) is 3.09. The second-order valence-electron chi connectivity index (χ2n) is 4.67. The largest absolute Gasteiger partial charge is 0.376 e. The molecule has 0 aliphatic rings. The highest BCUT2D eigenvalue weighted by atomic mass is 79.9. The molecular weight excluding hydrogens is 336 g/mol. The zero-order valence-corrected chi connectivity index (χ0v) is 13.5. The minimum Gasteiger partial charge on any atom is -0.376 e. The number of nitrogens with one attached hydrogen (secondary N) is 1. The van der Waals surface area contributed by atoms with Gasteiger partial charge in [-0.25, -0.2) is 4.98 Å². The van der Waals surface area contributed by atoms with E-state index in [0.717, 1.165) is 27.0 Å². The molecule has 0 aliphatic carbocycles. The van der Waals surface area contributed by atoms with E-state index in [0.29, 0.717) is 4.77 Å². The van der Waals surface area contributed by atoms with Gasteiger partial charge in [-0.1, -0.05) is 12.1 Å².